The van der Waals surface area contributed by atoms with Crippen LogP contribution in [0.1, 0.15) is 40.5 Å². The summed E-state index contributed by atoms with van der Waals surface area (Å²) in [6.07, 6.45) is 1.84. The molecule has 0 aromatic carbocycles. The number of carbonyl (C=O) groups is 1. The second-order valence-electron chi connectivity index (χ2n) is 6.83. The molecule has 0 bridgehead atoms. The maximum Gasteiger partial charge on any atom is 0.314 e. The fraction of sp³-hybridized carbons (Fsp3) is 0.929. The van der Waals surface area contributed by atoms with Crippen LogP contribution in [0.5, 0.6) is 0 Å². The summed E-state index contributed by atoms with van der Waals surface area (Å²) in [5.41, 5.74) is -0.610. The van der Waals surface area contributed by atoms with Crippen molar-refractivity contribution in [2.45, 2.75) is 46.1 Å². The Bertz CT molecular complexity index is 300. The van der Waals surface area contributed by atoms with Gasteiger partial charge in [0.25, 0.3) is 0 Å². The van der Waals surface area contributed by atoms with E-state index in [1.165, 1.54) is 0 Å². The van der Waals surface area contributed by atoms with Crippen LogP contribution in [-0.2, 0) is 0 Å². The van der Waals surface area contributed by atoms with Gasteiger partial charge >= 0.3 is 6.03 Å². The first kappa shape index (κ1) is 16.6. The van der Waals surface area contributed by atoms with Gasteiger partial charge in [0, 0.05) is 18.8 Å². The van der Waals surface area contributed by atoms with E-state index < -0.39 is 5.60 Å². The van der Waals surface area contributed by atoms with Crippen LogP contribution >= 0.6 is 11.8 Å². The molecule has 1 aliphatic rings. The largest absolute Gasteiger partial charge is 0.387 e. The van der Waals surface area contributed by atoms with E-state index in [2.05, 4.69) is 38.3 Å². The first-order valence-electron chi connectivity index (χ1n) is 7.04. The van der Waals surface area contributed by atoms with Crippen molar-refractivity contribution in [2.24, 2.45) is 11.3 Å². The molecule has 1 saturated heterocycles. The highest BCUT2D eigenvalue weighted by atomic mass is 32.2. The fourth-order valence-electron chi connectivity index (χ4n) is 2.54. The lowest BCUT2D eigenvalue weighted by Gasteiger charge is -2.27. The van der Waals surface area contributed by atoms with E-state index in [4.69, 9.17) is 0 Å². The third kappa shape index (κ3) is 6.52. The van der Waals surface area contributed by atoms with Gasteiger partial charge in [-0.25, -0.2) is 4.79 Å². The van der Waals surface area contributed by atoms with Gasteiger partial charge in [0.15, 0.2) is 0 Å². The number of thioether (sulfide) groups is 1. The average Bonchev–Trinajstić information content (AvgIpc) is 2.70. The average molecular weight is 288 g/mol. The van der Waals surface area contributed by atoms with Crippen molar-refractivity contribution in [3.63, 3.8) is 0 Å². The van der Waals surface area contributed by atoms with Crippen molar-refractivity contribution in [3.8, 4) is 0 Å². The van der Waals surface area contributed by atoms with Crippen molar-refractivity contribution < 1.29 is 9.90 Å². The Kier molecular flexibility index (Phi) is 5.99. The van der Waals surface area contributed by atoms with Gasteiger partial charge < -0.3 is 15.7 Å². The second-order valence-corrected chi connectivity index (χ2v) is 7.93. The van der Waals surface area contributed by atoms with Crippen LogP contribution in [0.3, 0.4) is 0 Å². The topological polar surface area (TPSA) is 61.4 Å². The van der Waals surface area contributed by atoms with E-state index in [1.807, 2.05) is 0 Å². The zero-order valence-electron chi connectivity index (χ0n) is 12.6. The van der Waals surface area contributed by atoms with E-state index in [0.29, 0.717) is 24.8 Å². The molecule has 1 unspecified atom stereocenters. The van der Waals surface area contributed by atoms with Crippen molar-refractivity contribution in [2.75, 3.05) is 24.6 Å². The van der Waals surface area contributed by atoms with Gasteiger partial charge in [-0.1, -0.05) is 27.7 Å². The van der Waals surface area contributed by atoms with Gasteiger partial charge in [-0.05, 0) is 29.9 Å². The normalized spacial score (nSPS) is 23.7. The first-order valence-corrected chi connectivity index (χ1v) is 8.20. The van der Waals surface area contributed by atoms with Crippen molar-refractivity contribution in [1.82, 2.24) is 10.6 Å². The van der Waals surface area contributed by atoms with Crippen LogP contribution in [0.25, 0.3) is 0 Å². The molecular weight excluding hydrogens is 260 g/mol. The highest BCUT2D eigenvalue weighted by molar-refractivity contribution is 7.99. The molecule has 0 aromatic heterocycles. The van der Waals surface area contributed by atoms with Gasteiger partial charge in [-0.2, -0.15) is 11.8 Å². The first-order chi connectivity index (χ1) is 8.72. The number of hydrogen-bond acceptors (Lipinski definition) is 3. The third-order valence-corrected chi connectivity index (χ3v) is 4.58. The van der Waals surface area contributed by atoms with E-state index in [-0.39, 0.29) is 11.4 Å². The molecule has 1 fully saturated rings. The Morgan fingerprint density at radius 1 is 1.42 bits per heavy atom. The van der Waals surface area contributed by atoms with E-state index >= 15 is 0 Å². The zero-order chi connectivity index (χ0) is 14.5. The van der Waals surface area contributed by atoms with Gasteiger partial charge in [0.05, 0.1) is 5.60 Å². The minimum absolute atomic E-state index is 0.103. The highest BCUT2D eigenvalue weighted by Crippen LogP contribution is 2.27. The number of nitrogens with one attached hydrogen (secondary N) is 2. The standard InChI is InChI=1S/C14H28N2O2S/c1-11(2)7-13(3,4)8-15-12(17)16-9-14(18)5-6-19-10-14/h11,18H,5-10H2,1-4H3,(H2,15,16,17). The summed E-state index contributed by atoms with van der Waals surface area (Å²) >= 11 is 1.74. The molecule has 2 amide bonds. The van der Waals surface area contributed by atoms with Crippen LogP contribution in [0.4, 0.5) is 4.79 Å². The van der Waals surface area contributed by atoms with E-state index in [0.717, 1.165) is 18.6 Å². The molecule has 1 heterocycles. The lowest BCUT2D eigenvalue weighted by molar-refractivity contribution is 0.0698. The third-order valence-electron chi connectivity index (χ3n) is 3.35. The molecule has 1 rings (SSSR count). The Labute approximate surface area is 121 Å². The molecule has 0 saturated carbocycles. The molecule has 1 aliphatic heterocycles. The van der Waals surface area contributed by atoms with Gasteiger partial charge in [0.2, 0.25) is 0 Å². The summed E-state index contributed by atoms with van der Waals surface area (Å²) in [4.78, 5) is 11.7. The SMILES string of the molecule is CC(C)CC(C)(C)CNC(=O)NCC1(O)CCSC1. The minimum Gasteiger partial charge on any atom is -0.387 e. The zero-order valence-corrected chi connectivity index (χ0v) is 13.4. The smallest absolute Gasteiger partial charge is 0.314 e. The molecule has 112 valence electrons. The Morgan fingerprint density at radius 2 is 2.11 bits per heavy atom. The van der Waals surface area contributed by atoms with Crippen LogP contribution in [-0.4, -0.2) is 41.3 Å². The van der Waals surface area contributed by atoms with Crippen molar-refractivity contribution >= 4 is 17.8 Å². The predicted molar refractivity (Wildman–Crippen MR) is 81.5 cm³/mol. The van der Waals surface area contributed by atoms with Crippen LogP contribution in [0, 0.1) is 11.3 Å². The maximum atomic E-state index is 11.7. The number of amides is 2. The number of hydrogen-bond donors (Lipinski definition) is 3. The molecule has 0 aromatic rings. The summed E-state index contributed by atoms with van der Waals surface area (Å²) in [5.74, 6) is 2.31. The van der Waals surface area contributed by atoms with E-state index in [1.54, 1.807) is 11.8 Å². The fourth-order valence-corrected chi connectivity index (χ4v) is 3.84. The molecule has 0 radical (unpaired) electrons. The lowest BCUT2D eigenvalue weighted by Crippen LogP contribution is -2.48. The molecule has 3 N–H and O–H groups in total. The van der Waals surface area contributed by atoms with Crippen molar-refractivity contribution in [3.05, 3.63) is 0 Å². The highest BCUT2D eigenvalue weighted by Gasteiger charge is 2.32. The number of urea groups is 1. The predicted octanol–water partition coefficient (Wildman–Crippen LogP) is 2.23. The maximum absolute atomic E-state index is 11.7. The quantitative estimate of drug-likeness (QED) is 0.702. The summed E-state index contributed by atoms with van der Waals surface area (Å²) in [6, 6.07) is -0.179. The second kappa shape index (κ2) is 6.84. The summed E-state index contributed by atoms with van der Waals surface area (Å²) in [7, 11) is 0. The molecule has 1 atom stereocenters. The Morgan fingerprint density at radius 3 is 2.63 bits per heavy atom. The molecule has 0 aliphatic carbocycles. The number of carbonyl (C=O) groups excluding carboxylic acids is 1. The molecule has 4 nitrogen and oxygen atoms in total. The van der Waals surface area contributed by atoms with Gasteiger partial charge in [-0.3, -0.25) is 0 Å². The summed E-state index contributed by atoms with van der Waals surface area (Å²) in [5, 5.41) is 15.8. The lowest BCUT2D eigenvalue weighted by atomic mass is 9.84. The van der Waals surface area contributed by atoms with Crippen LogP contribution in [0.2, 0.25) is 0 Å². The van der Waals surface area contributed by atoms with Crippen LogP contribution < -0.4 is 10.6 Å². The molecule has 19 heavy (non-hydrogen) atoms. The van der Waals surface area contributed by atoms with Gasteiger partial charge in [-0.15, -0.1) is 0 Å². The summed E-state index contributed by atoms with van der Waals surface area (Å²) < 4.78 is 0. The van der Waals surface area contributed by atoms with Crippen molar-refractivity contribution in [1.29, 1.82) is 0 Å². The minimum atomic E-state index is -0.713. The molecular formula is C14H28N2O2S. The number of rotatable bonds is 6. The Balaban J connectivity index is 2.24. The van der Waals surface area contributed by atoms with E-state index in [9.17, 15) is 9.90 Å². The number of aliphatic hydroxyl groups is 1. The Hall–Kier alpha value is -0.420. The van der Waals surface area contributed by atoms with Gasteiger partial charge in [0.1, 0.15) is 0 Å². The monoisotopic (exact) mass is 288 g/mol. The molecule has 5 heteroatoms. The summed E-state index contributed by atoms with van der Waals surface area (Å²) in [6.45, 7) is 9.70. The van der Waals surface area contributed by atoms with Crippen LogP contribution in [0.15, 0.2) is 0 Å². The molecule has 0 spiro atoms.